The highest BCUT2D eigenvalue weighted by molar-refractivity contribution is 7.80. The molecular formula is C24H31N3S. The lowest BCUT2D eigenvalue weighted by atomic mass is 9.81. The van der Waals surface area contributed by atoms with E-state index < -0.39 is 0 Å². The summed E-state index contributed by atoms with van der Waals surface area (Å²) >= 11 is 5.61. The van der Waals surface area contributed by atoms with Crippen LogP contribution < -0.4 is 10.6 Å². The van der Waals surface area contributed by atoms with Gasteiger partial charge in [0.15, 0.2) is 5.11 Å². The van der Waals surface area contributed by atoms with E-state index in [-0.39, 0.29) is 0 Å². The molecule has 0 aromatic heterocycles. The molecule has 0 saturated carbocycles. The molecule has 2 atom stereocenters. The smallest absolute Gasteiger partial charge is 0.170 e. The number of rotatable bonds is 5. The van der Waals surface area contributed by atoms with Crippen LogP contribution in [0.15, 0.2) is 54.6 Å². The molecule has 4 heteroatoms. The monoisotopic (exact) mass is 393 g/mol. The molecule has 148 valence electrons. The van der Waals surface area contributed by atoms with Crippen molar-refractivity contribution >= 4 is 23.0 Å². The number of hydrogen-bond donors (Lipinski definition) is 2. The number of benzene rings is 2. The topological polar surface area (TPSA) is 27.3 Å². The lowest BCUT2D eigenvalue weighted by molar-refractivity contribution is 0.0212. The number of anilines is 1. The highest BCUT2D eigenvalue weighted by atomic mass is 32.1. The molecule has 0 spiro atoms. The van der Waals surface area contributed by atoms with Gasteiger partial charge in [0.2, 0.25) is 0 Å². The highest BCUT2D eigenvalue weighted by Crippen LogP contribution is 2.35. The zero-order valence-corrected chi connectivity index (χ0v) is 17.5. The number of hydrogen-bond acceptors (Lipinski definition) is 2. The first kappa shape index (κ1) is 19.4. The third kappa shape index (κ3) is 4.73. The van der Waals surface area contributed by atoms with Gasteiger partial charge in [-0.3, -0.25) is 4.90 Å². The van der Waals surface area contributed by atoms with Gasteiger partial charge in [-0.15, -0.1) is 0 Å². The summed E-state index contributed by atoms with van der Waals surface area (Å²) < 4.78 is 0. The van der Waals surface area contributed by atoms with E-state index in [2.05, 4.69) is 77.1 Å². The molecular weight excluding hydrogens is 362 g/mol. The first-order chi connectivity index (χ1) is 13.7. The summed E-state index contributed by atoms with van der Waals surface area (Å²) in [6, 6.07) is 21.3. The summed E-state index contributed by atoms with van der Waals surface area (Å²) in [6.45, 7) is 3.25. The van der Waals surface area contributed by atoms with Crippen molar-refractivity contribution in [2.24, 2.45) is 0 Å². The zero-order valence-electron chi connectivity index (χ0n) is 16.7. The molecule has 2 aromatic rings. The van der Waals surface area contributed by atoms with Crippen molar-refractivity contribution in [3.8, 4) is 0 Å². The SMILES string of the molecule is CCc1ccc(NC(=S)NC2C[C@H]3CCC[C@H](C2)N3Cc2ccccc2)cc1. The van der Waals surface area contributed by atoms with Crippen molar-refractivity contribution in [1.29, 1.82) is 0 Å². The molecule has 2 bridgehead atoms. The second-order valence-corrected chi connectivity index (χ2v) is 8.62. The van der Waals surface area contributed by atoms with Crippen LogP contribution in [-0.2, 0) is 13.0 Å². The Bertz CT molecular complexity index is 760. The molecule has 4 rings (SSSR count). The maximum Gasteiger partial charge on any atom is 0.170 e. The summed E-state index contributed by atoms with van der Waals surface area (Å²) in [4.78, 5) is 2.75. The summed E-state index contributed by atoms with van der Waals surface area (Å²) in [5.74, 6) is 0. The van der Waals surface area contributed by atoms with E-state index in [1.807, 2.05) is 0 Å². The van der Waals surface area contributed by atoms with E-state index in [1.165, 1.54) is 43.2 Å². The van der Waals surface area contributed by atoms with Crippen LogP contribution in [0.3, 0.4) is 0 Å². The molecule has 2 heterocycles. The van der Waals surface area contributed by atoms with Crippen LogP contribution in [0.2, 0.25) is 0 Å². The van der Waals surface area contributed by atoms with E-state index >= 15 is 0 Å². The first-order valence-corrected chi connectivity index (χ1v) is 11.1. The van der Waals surface area contributed by atoms with Crippen molar-refractivity contribution in [2.75, 3.05) is 5.32 Å². The van der Waals surface area contributed by atoms with Crippen molar-refractivity contribution in [3.63, 3.8) is 0 Å². The van der Waals surface area contributed by atoms with Crippen molar-refractivity contribution < 1.29 is 0 Å². The van der Waals surface area contributed by atoms with Gasteiger partial charge < -0.3 is 10.6 Å². The molecule has 28 heavy (non-hydrogen) atoms. The maximum absolute atomic E-state index is 5.61. The number of nitrogens with zero attached hydrogens (tertiary/aromatic N) is 1. The van der Waals surface area contributed by atoms with Gasteiger partial charge in [0.1, 0.15) is 0 Å². The lowest BCUT2D eigenvalue weighted by Crippen LogP contribution is -2.56. The molecule has 2 aromatic carbocycles. The van der Waals surface area contributed by atoms with Crippen molar-refractivity contribution in [3.05, 3.63) is 65.7 Å². The van der Waals surface area contributed by atoms with Crippen molar-refractivity contribution in [1.82, 2.24) is 10.2 Å². The Hall–Kier alpha value is -1.91. The number of fused-ring (bicyclic) bond motifs is 2. The lowest BCUT2D eigenvalue weighted by Gasteiger charge is -2.49. The summed E-state index contributed by atoms with van der Waals surface area (Å²) in [6.07, 6.45) is 7.40. The molecule has 2 aliphatic rings. The van der Waals surface area contributed by atoms with Gasteiger partial charge in [0.05, 0.1) is 0 Å². The Morgan fingerprint density at radius 3 is 2.29 bits per heavy atom. The zero-order chi connectivity index (χ0) is 19.3. The predicted octanol–water partition coefficient (Wildman–Crippen LogP) is 5.12. The molecule has 2 N–H and O–H groups in total. The number of nitrogens with one attached hydrogen (secondary N) is 2. The fourth-order valence-electron chi connectivity index (χ4n) is 4.83. The van der Waals surface area contributed by atoms with E-state index in [4.69, 9.17) is 12.2 Å². The molecule has 0 radical (unpaired) electrons. The molecule has 2 aliphatic heterocycles. The van der Waals surface area contributed by atoms with Crippen LogP contribution in [-0.4, -0.2) is 28.1 Å². The standard InChI is InChI=1S/C24H31N3S/c1-2-18-11-13-20(14-12-18)25-24(28)26-21-15-22-9-6-10-23(16-21)27(22)17-19-7-4-3-5-8-19/h3-5,7-8,11-14,21-23H,2,6,9-10,15-17H2,1H3,(H2,25,26,28)/t22-,23-/m1/s1. The second kappa shape index (κ2) is 9.06. The third-order valence-electron chi connectivity index (χ3n) is 6.29. The minimum absolute atomic E-state index is 0.470. The number of piperidine rings is 2. The number of thiocarbonyl (C=S) groups is 1. The van der Waals surface area contributed by atoms with Gasteiger partial charge in [-0.1, -0.05) is 55.8 Å². The first-order valence-electron chi connectivity index (χ1n) is 10.7. The average Bonchev–Trinajstić information content (AvgIpc) is 2.70. The van der Waals surface area contributed by atoms with Gasteiger partial charge in [0, 0.05) is 30.4 Å². The van der Waals surface area contributed by atoms with Gasteiger partial charge in [-0.05, 0) is 67.6 Å². The normalized spacial score (nSPS) is 24.5. The van der Waals surface area contributed by atoms with Gasteiger partial charge in [0.25, 0.3) is 0 Å². The maximum atomic E-state index is 5.61. The van der Waals surface area contributed by atoms with Crippen molar-refractivity contribution in [2.45, 2.75) is 70.1 Å². The van der Waals surface area contributed by atoms with E-state index in [0.717, 1.165) is 23.8 Å². The predicted molar refractivity (Wildman–Crippen MR) is 122 cm³/mol. The fraction of sp³-hybridized carbons (Fsp3) is 0.458. The Kier molecular flexibility index (Phi) is 6.28. The molecule has 0 unspecified atom stereocenters. The highest BCUT2D eigenvalue weighted by Gasteiger charge is 2.38. The molecule has 2 fully saturated rings. The third-order valence-corrected chi connectivity index (χ3v) is 6.51. The Labute approximate surface area is 174 Å². The van der Waals surface area contributed by atoms with E-state index in [1.54, 1.807) is 0 Å². The van der Waals surface area contributed by atoms with Crippen LogP contribution >= 0.6 is 12.2 Å². The van der Waals surface area contributed by atoms with E-state index in [0.29, 0.717) is 18.1 Å². The summed E-state index contributed by atoms with van der Waals surface area (Å²) in [7, 11) is 0. The fourth-order valence-corrected chi connectivity index (χ4v) is 5.11. The Morgan fingerprint density at radius 2 is 1.64 bits per heavy atom. The summed E-state index contributed by atoms with van der Waals surface area (Å²) in [5.41, 5.74) is 3.85. The van der Waals surface area contributed by atoms with Gasteiger partial charge >= 0.3 is 0 Å². The van der Waals surface area contributed by atoms with Crippen LogP contribution in [0.25, 0.3) is 0 Å². The Balaban J connectivity index is 1.33. The van der Waals surface area contributed by atoms with Crippen LogP contribution in [0, 0.1) is 0 Å². The second-order valence-electron chi connectivity index (χ2n) is 8.21. The quantitative estimate of drug-likeness (QED) is 0.690. The Morgan fingerprint density at radius 1 is 0.964 bits per heavy atom. The summed E-state index contributed by atoms with van der Waals surface area (Å²) in [5, 5.41) is 7.72. The van der Waals surface area contributed by atoms with Gasteiger partial charge in [-0.2, -0.15) is 0 Å². The largest absolute Gasteiger partial charge is 0.360 e. The molecule has 3 nitrogen and oxygen atoms in total. The van der Waals surface area contributed by atoms with Gasteiger partial charge in [-0.25, -0.2) is 0 Å². The average molecular weight is 394 g/mol. The van der Waals surface area contributed by atoms with E-state index in [9.17, 15) is 0 Å². The number of aryl methyl sites for hydroxylation is 1. The molecule has 0 amide bonds. The van der Waals surface area contributed by atoms with Crippen LogP contribution in [0.4, 0.5) is 5.69 Å². The van der Waals surface area contributed by atoms with Crippen LogP contribution in [0.5, 0.6) is 0 Å². The minimum Gasteiger partial charge on any atom is -0.360 e. The van der Waals surface area contributed by atoms with Crippen LogP contribution in [0.1, 0.15) is 50.2 Å². The minimum atomic E-state index is 0.470. The molecule has 0 aliphatic carbocycles. The molecule has 2 saturated heterocycles.